The van der Waals surface area contributed by atoms with Crippen LogP contribution in [0.1, 0.15) is 18.5 Å². The zero-order valence-corrected chi connectivity index (χ0v) is 17.1. The molecule has 0 bridgehead atoms. The van der Waals surface area contributed by atoms with E-state index in [2.05, 4.69) is 20.1 Å². The van der Waals surface area contributed by atoms with E-state index in [1.165, 1.54) is 37.5 Å². The Morgan fingerprint density at radius 2 is 1.83 bits per heavy atom. The standard InChI is InChI=1S/C19H20ClN5O3S/c1-14(24-29(27,28)17-9-7-16(20)8-10-17)19(26)23-18(11-25-13-21-12-22-25)15-5-3-2-4-6-15/h2-10,12-14,18,24H,11H2,1H3,(H,23,26)/t14-,18?/m0/s1. The van der Waals surface area contributed by atoms with Crippen LogP contribution in [0.5, 0.6) is 0 Å². The average molecular weight is 434 g/mol. The van der Waals surface area contributed by atoms with Crippen LogP contribution < -0.4 is 10.0 Å². The van der Waals surface area contributed by atoms with Crippen molar-refractivity contribution in [2.24, 2.45) is 0 Å². The van der Waals surface area contributed by atoms with E-state index in [4.69, 9.17) is 11.6 Å². The fourth-order valence-electron chi connectivity index (χ4n) is 2.70. The number of sulfonamides is 1. The number of amides is 1. The van der Waals surface area contributed by atoms with Crippen LogP contribution in [0, 0.1) is 0 Å². The lowest BCUT2D eigenvalue weighted by molar-refractivity contribution is -0.123. The summed E-state index contributed by atoms with van der Waals surface area (Å²) in [7, 11) is -3.87. The predicted octanol–water partition coefficient (Wildman–Crippen LogP) is 2.16. The van der Waals surface area contributed by atoms with E-state index >= 15 is 0 Å². The van der Waals surface area contributed by atoms with Crippen molar-refractivity contribution < 1.29 is 13.2 Å². The van der Waals surface area contributed by atoms with Gasteiger partial charge in [-0.05, 0) is 36.8 Å². The van der Waals surface area contributed by atoms with E-state index in [0.717, 1.165) is 5.56 Å². The van der Waals surface area contributed by atoms with E-state index in [1.807, 2.05) is 30.3 Å². The lowest BCUT2D eigenvalue weighted by atomic mass is 10.1. The molecule has 1 unspecified atom stereocenters. The number of nitrogens with one attached hydrogen (secondary N) is 2. The molecule has 1 amide bonds. The van der Waals surface area contributed by atoms with E-state index in [1.54, 1.807) is 11.0 Å². The monoisotopic (exact) mass is 433 g/mol. The number of hydrogen-bond donors (Lipinski definition) is 2. The molecule has 8 nitrogen and oxygen atoms in total. The Morgan fingerprint density at radius 3 is 2.45 bits per heavy atom. The summed E-state index contributed by atoms with van der Waals surface area (Å²) in [5.74, 6) is -0.462. The molecule has 0 aliphatic heterocycles. The Hall–Kier alpha value is -2.75. The molecule has 0 saturated carbocycles. The number of carbonyl (C=O) groups is 1. The third-order valence-electron chi connectivity index (χ3n) is 4.20. The van der Waals surface area contributed by atoms with Crippen molar-refractivity contribution in [1.29, 1.82) is 0 Å². The fraction of sp³-hybridized carbons (Fsp3) is 0.211. The van der Waals surface area contributed by atoms with Crippen LogP contribution in [-0.2, 0) is 21.4 Å². The van der Waals surface area contributed by atoms with Crippen molar-refractivity contribution in [2.45, 2.75) is 30.4 Å². The van der Waals surface area contributed by atoms with Crippen molar-refractivity contribution in [3.05, 3.63) is 77.8 Å². The zero-order valence-electron chi connectivity index (χ0n) is 15.6. The maximum atomic E-state index is 12.7. The molecule has 0 spiro atoms. The highest BCUT2D eigenvalue weighted by atomic mass is 35.5. The Bertz CT molecular complexity index is 1040. The van der Waals surface area contributed by atoms with Crippen molar-refractivity contribution in [1.82, 2.24) is 24.8 Å². The molecular formula is C19H20ClN5O3S. The summed E-state index contributed by atoms with van der Waals surface area (Å²) < 4.78 is 29.0. The molecule has 3 rings (SSSR count). The van der Waals surface area contributed by atoms with Crippen molar-refractivity contribution in [3.8, 4) is 0 Å². The smallest absolute Gasteiger partial charge is 0.241 e. The van der Waals surface area contributed by atoms with Crippen LogP contribution in [-0.4, -0.2) is 35.1 Å². The summed E-state index contributed by atoms with van der Waals surface area (Å²) in [6.45, 7) is 1.84. The molecular weight excluding hydrogens is 414 g/mol. The van der Waals surface area contributed by atoms with E-state index < -0.39 is 28.0 Å². The highest BCUT2D eigenvalue weighted by Crippen LogP contribution is 2.16. The second-order valence-electron chi connectivity index (χ2n) is 6.39. The third kappa shape index (κ3) is 5.63. The number of rotatable bonds is 8. The SMILES string of the molecule is C[C@H](NS(=O)(=O)c1ccc(Cl)cc1)C(=O)NC(Cn1cncn1)c1ccccc1. The minimum absolute atomic E-state index is 0.0313. The van der Waals surface area contributed by atoms with Gasteiger partial charge in [0.1, 0.15) is 12.7 Å². The van der Waals surface area contributed by atoms with Gasteiger partial charge in [0.25, 0.3) is 0 Å². The maximum Gasteiger partial charge on any atom is 0.241 e. The van der Waals surface area contributed by atoms with Gasteiger partial charge in [0, 0.05) is 5.02 Å². The number of carbonyl (C=O) groups excluding carboxylic acids is 1. The van der Waals surface area contributed by atoms with Gasteiger partial charge < -0.3 is 5.32 Å². The first-order valence-electron chi connectivity index (χ1n) is 8.81. The van der Waals surface area contributed by atoms with Gasteiger partial charge in [0.2, 0.25) is 15.9 Å². The summed E-state index contributed by atoms with van der Waals surface area (Å²) in [5.41, 5.74) is 0.865. The zero-order chi connectivity index (χ0) is 20.9. The van der Waals surface area contributed by atoms with Crippen LogP contribution in [0.3, 0.4) is 0 Å². The molecule has 29 heavy (non-hydrogen) atoms. The largest absolute Gasteiger partial charge is 0.346 e. The predicted molar refractivity (Wildman–Crippen MR) is 109 cm³/mol. The van der Waals surface area contributed by atoms with Crippen LogP contribution in [0.4, 0.5) is 0 Å². The van der Waals surface area contributed by atoms with Crippen molar-refractivity contribution in [2.75, 3.05) is 0 Å². The van der Waals surface area contributed by atoms with Crippen LogP contribution in [0.15, 0.2) is 72.1 Å². The van der Waals surface area contributed by atoms with Crippen LogP contribution >= 0.6 is 11.6 Å². The van der Waals surface area contributed by atoms with Gasteiger partial charge in [-0.25, -0.2) is 13.4 Å². The molecule has 0 fully saturated rings. The summed E-state index contributed by atoms with van der Waals surface area (Å²) >= 11 is 5.80. The lowest BCUT2D eigenvalue weighted by Crippen LogP contribution is -2.46. The van der Waals surface area contributed by atoms with E-state index in [0.29, 0.717) is 11.6 Å². The molecule has 0 saturated heterocycles. The molecule has 2 N–H and O–H groups in total. The summed E-state index contributed by atoms with van der Waals surface area (Å²) in [6, 6.07) is 13.7. The van der Waals surface area contributed by atoms with Gasteiger partial charge in [0.05, 0.1) is 23.5 Å². The summed E-state index contributed by atoms with van der Waals surface area (Å²) in [4.78, 5) is 16.7. The molecule has 1 aromatic heterocycles. The Kier molecular flexibility index (Phi) is 6.63. The van der Waals surface area contributed by atoms with Crippen LogP contribution in [0.25, 0.3) is 0 Å². The molecule has 0 aliphatic carbocycles. The van der Waals surface area contributed by atoms with Crippen LogP contribution in [0.2, 0.25) is 5.02 Å². The first-order valence-corrected chi connectivity index (χ1v) is 10.7. The molecule has 3 aromatic rings. The normalized spacial score (nSPS) is 13.6. The highest BCUT2D eigenvalue weighted by Gasteiger charge is 2.24. The fourth-order valence-corrected chi connectivity index (χ4v) is 4.03. The van der Waals surface area contributed by atoms with Gasteiger partial charge in [-0.3, -0.25) is 9.48 Å². The number of hydrogen-bond acceptors (Lipinski definition) is 5. The number of aromatic nitrogens is 3. The van der Waals surface area contributed by atoms with Gasteiger partial charge in [-0.1, -0.05) is 41.9 Å². The Morgan fingerprint density at radius 1 is 1.14 bits per heavy atom. The number of halogens is 1. The quantitative estimate of drug-likeness (QED) is 0.566. The third-order valence-corrected chi connectivity index (χ3v) is 6.01. The number of benzene rings is 2. The lowest BCUT2D eigenvalue weighted by Gasteiger charge is -2.22. The van der Waals surface area contributed by atoms with E-state index in [9.17, 15) is 13.2 Å². The molecule has 2 aromatic carbocycles. The minimum Gasteiger partial charge on any atom is -0.346 e. The average Bonchev–Trinajstić information content (AvgIpc) is 3.21. The van der Waals surface area contributed by atoms with Crippen molar-refractivity contribution in [3.63, 3.8) is 0 Å². The number of nitrogens with zero attached hydrogens (tertiary/aromatic N) is 3. The van der Waals surface area contributed by atoms with Gasteiger partial charge in [-0.2, -0.15) is 9.82 Å². The first kappa shape index (κ1) is 21.0. The molecule has 1 heterocycles. The molecule has 0 radical (unpaired) electrons. The Labute approximate surface area is 174 Å². The second kappa shape index (κ2) is 9.17. The summed E-state index contributed by atoms with van der Waals surface area (Å²) in [5, 5.41) is 7.38. The summed E-state index contributed by atoms with van der Waals surface area (Å²) in [6.07, 6.45) is 2.96. The van der Waals surface area contributed by atoms with Crippen molar-refractivity contribution >= 4 is 27.5 Å². The first-order chi connectivity index (χ1) is 13.8. The molecule has 152 valence electrons. The topological polar surface area (TPSA) is 106 Å². The van der Waals surface area contributed by atoms with Gasteiger partial charge in [-0.15, -0.1) is 0 Å². The van der Waals surface area contributed by atoms with E-state index in [-0.39, 0.29) is 4.90 Å². The highest BCUT2D eigenvalue weighted by molar-refractivity contribution is 7.89. The minimum atomic E-state index is -3.87. The molecule has 0 aliphatic rings. The maximum absolute atomic E-state index is 12.7. The van der Waals surface area contributed by atoms with Gasteiger partial charge >= 0.3 is 0 Å². The Balaban J connectivity index is 1.72. The second-order valence-corrected chi connectivity index (χ2v) is 8.54. The molecule has 10 heteroatoms. The van der Waals surface area contributed by atoms with Gasteiger partial charge in [0.15, 0.2) is 0 Å². The molecule has 2 atom stereocenters.